The van der Waals surface area contributed by atoms with E-state index in [1.165, 1.54) is 0 Å². The van der Waals surface area contributed by atoms with E-state index in [4.69, 9.17) is 16.7 Å². The number of para-hydroxylation sites is 2. The lowest BCUT2D eigenvalue weighted by atomic mass is 10.3. The average molecular weight is 464 g/mol. The number of hydrogen-bond donors (Lipinski definition) is 0. The Kier molecular flexibility index (Phi) is 6.08. The van der Waals surface area contributed by atoms with E-state index in [9.17, 15) is 8.42 Å². The van der Waals surface area contributed by atoms with Crippen molar-refractivity contribution in [1.29, 1.82) is 0 Å². The van der Waals surface area contributed by atoms with Crippen molar-refractivity contribution in [3.8, 4) is 0 Å². The molecule has 3 heterocycles. The Morgan fingerprint density at radius 1 is 1.10 bits per heavy atom. The van der Waals surface area contributed by atoms with Gasteiger partial charge in [0.05, 0.1) is 17.7 Å². The average Bonchev–Trinajstić information content (AvgIpc) is 3.07. The number of benzene rings is 1. The van der Waals surface area contributed by atoms with Crippen LogP contribution in [0, 0.1) is 18.6 Å². The standard InChI is InChI=1S/C21H29N5O3S2/c1-15(2)26-19-9-6-5-8-18(19)25(21(26)30)14-23-10-7-11-24(13-12-23)31(27,28)20-16(3)22-29-17(20)4/h5-6,8-9,15H,7,10-14H2,1-4H3. The molecule has 1 aliphatic heterocycles. The maximum atomic E-state index is 13.2. The maximum Gasteiger partial charge on any atom is 0.248 e. The van der Waals surface area contributed by atoms with Gasteiger partial charge < -0.3 is 13.7 Å². The third-order valence-corrected chi connectivity index (χ3v) is 8.40. The molecule has 8 nitrogen and oxygen atoms in total. The van der Waals surface area contributed by atoms with Gasteiger partial charge in [-0.05, 0) is 58.5 Å². The van der Waals surface area contributed by atoms with E-state index < -0.39 is 10.0 Å². The fourth-order valence-corrected chi connectivity index (χ4v) is 6.59. The van der Waals surface area contributed by atoms with Crippen molar-refractivity contribution in [2.24, 2.45) is 0 Å². The SMILES string of the molecule is Cc1noc(C)c1S(=O)(=O)N1CCCN(Cn2c(=S)n(C(C)C)c3ccccc32)CC1. The van der Waals surface area contributed by atoms with Crippen molar-refractivity contribution in [2.75, 3.05) is 26.2 Å². The molecule has 4 rings (SSSR count). The highest BCUT2D eigenvalue weighted by Crippen LogP contribution is 2.25. The maximum absolute atomic E-state index is 13.2. The molecule has 0 saturated carbocycles. The van der Waals surface area contributed by atoms with Crippen LogP contribution in [0.4, 0.5) is 0 Å². The van der Waals surface area contributed by atoms with Gasteiger partial charge in [-0.15, -0.1) is 0 Å². The number of fused-ring (bicyclic) bond motifs is 1. The first-order chi connectivity index (χ1) is 14.7. The minimum Gasteiger partial charge on any atom is -0.360 e. The van der Waals surface area contributed by atoms with Crippen molar-refractivity contribution in [2.45, 2.75) is 51.7 Å². The molecular formula is C21H29N5O3S2. The summed E-state index contributed by atoms with van der Waals surface area (Å²) in [4.78, 5) is 2.47. The second kappa shape index (κ2) is 8.50. The zero-order valence-electron chi connectivity index (χ0n) is 18.4. The second-order valence-electron chi connectivity index (χ2n) is 8.33. The van der Waals surface area contributed by atoms with Crippen molar-refractivity contribution < 1.29 is 12.9 Å². The fraction of sp³-hybridized carbons (Fsp3) is 0.524. The molecule has 168 valence electrons. The molecule has 3 aromatic rings. The number of imidazole rings is 1. The van der Waals surface area contributed by atoms with Crippen LogP contribution in [0.3, 0.4) is 0 Å². The zero-order chi connectivity index (χ0) is 22.3. The quantitative estimate of drug-likeness (QED) is 0.537. The third-order valence-electron chi connectivity index (χ3n) is 5.84. The van der Waals surface area contributed by atoms with Gasteiger partial charge in [0.15, 0.2) is 10.5 Å². The summed E-state index contributed by atoms with van der Waals surface area (Å²) in [5.74, 6) is 0.339. The molecule has 1 aromatic carbocycles. The largest absolute Gasteiger partial charge is 0.360 e. The van der Waals surface area contributed by atoms with Crippen LogP contribution in [-0.4, -0.2) is 58.1 Å². The first-order valence-corrected chi connectivity index (χ1v) is 12.4. The summed E-state index contributed by atoms with van der Waals surface area (Å²) in [6, 6.07) is 8.51. The minimum atomic E-state index is -3.63. The highest BCUT2D eigenvalue weighted by atomic mass is 32.2. The molecule has 0 aliphatic carbocycles. The van der Waals surface area contributed by atoms with E-state index in [2.05, 4.69) is 45.2 Å². The molecule has 0 bridgehead atoms. The van der Waals surface area contributed by atoms with Crippen LogP contribution in [0.2, 0.25) is 0 Å². The second-order valence-corrected chi connectivity index (χ2v) is 10.6. The summed E-state index contributed by atoms with van der Waals surface area (Å²) in [5, 5.41) is 3.82. The van der Waals surface area contributed by atoms with Gasteiger partial charge >= 0.3 is 0 Å². The van der Waals surface area contributed by atoms with E-state index in [1.807, 2.05) is 12.1 Å². The van der Waals surface area contributed by atoms with Crippen LogP contribution in [0.25, 0.3) is 11.0 Å². The van der Waals surface area contributed by atoms with Gasteiger partial charge in [-0.1, -0.05) is 17.3 Å². The lowest BCUT2D eigenvalue weighted by Crippen LogP contribution is -2.36. The molecule has 0 spiro atoms. The van der Waals surface area contributed by atoms with E-state index in [-0.39, 0.29) is 10.9 Å². The molecular weight excluding hydrogens is 434 g/mol. The van der Waals surface area contributed by atoms with Gasteiger partial charge in [0.25, 0.3) is 0 Å². The first kappa shape index (κ1) is 22.2. The molecule has 2 aromatic heterocycles. The number of hydrogen-bond acceptors (Lipinski definition) is 6. The summed E-state index contributed by atoms with van der Waals surface area (Å²) in [6.45, 7) is 10.5. The molecule has 0 atom stereocenters. The summed E-state index contributed by atoms with van der Waals surface area (Å²) in [5.41, 5.74) is 2.64. The Balaban J connectivity index is 1.57. The Morgan fingerprint density at radius 3 is 2.45 bits per heavy atom. The van der Waals surface area contributed by atoms with E-state index in [0.717, 1.165) is 28.8 Å². The molecule has 0 unspecified atom stereocenters. The van der Waals surface area contributed by atoms with Gasteiger partial charge in [0, 0.05) is 32.2 Å². The van der Waals surface area contributed by atoms with Crippen LogP contribution in [-0.2, 0) is 16.7 Å². The number of sulfonamides is 1. The number of nitrogens with zero attached hydrogens (tertiary/aromatic N) is 5. The van der Waals surface area contributed by atoms with Crippen LogP contribution >= 0.6 is 12.2 Å². The summed E-state index contributed by atoms with van der Waals surface area (Å²) in [7, 11) is -3.63. The summed E-state index contributed by atoms with van der Waals surface area (Å²) < 4.78 is 38.2. The molecule has 0 radical (unpaired) electrons. The van der Waals surface area contributed by atoms with Crippen molar-refractivity contribution in [3.05, 3.63) is 40.5 Å². The van der Waals surface area contributed by atoms with Gasteiger partial charge in [-0.25, -0.2) is 8.42 Å². The Bertz CT molecular complexity index is 1240. The van der Waals surface area contributed by atoms with Crippen molar-refractivity contribution in [1.82, 2.24) is 23.5 Å². The molecule has 0 N–H and O–H groups in total. The lowest BCUT2D eigenvalue weighted by molar-refractivity contribution is 0.230. The predicted molar refractivity (Wildman–Crippen MR) is 122 cm³/mol. The molecule has 10 heteroatoms. The Labute approximate surface area is 188 Å². The summed E-state index contributed by atoms with van der Waals surface area (Å²) >= 11 is 5.81. The summed E-state index contributed by atoms with van der Waals surface area (Å²) in [6.07, 6.45) is 0.749. The number of aryl methyl sites for hydroxylation is 2. The van der Waals surface area contributed by atoms with Crippen LogP contribution in [0.1, 0.15) is 37.8 Å². The smallest absolute Gasteiger partial charge is 0.248 e. The van der Waals surface area contributed by atoms with Crippen LogP contribution < -0.4 is 0 Å². The highest BCUT2D eigenvalue weighted by molar-refractivity contribution is 7.89. The van der Waals surface area contributed by atoms with Gasteiger partial charge in [0.2, 0.25) is 10.0 Å². The zero-order valence-corrected chi connectivity index (χ0v) is 20.0. The topological polar surface area (TPSA) is 76.5 Å². The molecule has 1 saturated heterocycles. The third kappa shape index (κ3) is 3.97. The van der Waals surface area contributed by atoms with E-state index in [0.29, 0.717) is 37.8 Å². The fourth-order valence-electron chi connectivity index (χ4n) is 4.37. The predicted octanol–water partition coefficient (Wildman–Crippen LogP) is 3.71. The molecule has 1 fully saturated rings. The molecule has 1 aliphatic rings. The number of rotatable bonds is 5. The van der Waals surface area contributed by atoms with Gasteiger partial charge in [-0.2, -0.15) is 4.31 Å². The van der Waals surface area contributed by atoms with Crippen molar-refractivity contribution in [3.63, 3.8) is 0 Å². The van der Waals surface area contributed by atoms with Crippen molar-refractivity contribution >= 4 is 33.3 Å². The van der Waals surface area contributed by atoms with Crippen LogP contribution in [0.5, 0.6) is 0 Å². The highest BCUT2D eigenvalue weighted by Gasteiger charge is 2.32. The first-order valence-electron chi connectivity index (χ1n) is 10.6. The normalized spacial score (nSPS) is 16.9. The van der Waals surface area contributed by atoms with Gasteiger partial charge in [0.1, 0.15) is 10.6 Å². The molecule has 0 amide bonds. The van der Waals surface area contributed by atoms with Gasteiger partial charge in [-0.3, -0.25) is 4.90 Å². The minimum absolute atomic E-state index is 0.197. The van der Waals surface area contributed by atoms with E-state index in [1.54, 1.807) is 18.2 Å². The molecule has 31 heavy (non-hydrogen) atoms. The monoisotopic (exact) mass is 463 g/mol. The number of aromatic nitrogens is 3. The lowest BCUT2D eigenvalue weighted by Gasteiger charge is -2.22. The Hall–Kier alpha value is -2.01. The van der Waals surface area contributed by atoms with Crippen LogP contribution in [0.15, 0.2) is 33.7 Å². The Morgan fingerprint density at radius 2 is 1.81 bits per heavy atom. The van der Waals surface area contributed by atoms with E-state index >= 15 is 0 Å².